The minimum Gasteiger partial charge on any atom is -0.448 e. The summed E-state index contributed by atoms with van der Waals surface area (Å²) in [4.78, 5) is 24.2. The van der Waals surface area contributed by atoms with Crippen LogP contribution in [0.2, 0.25) is 0 Å². The second-order valence-electron chi connectivity index (χ2n) is 6.00. The molecule has 0 spiro atoms. The largest absolute Gasteiger partial charge is 0.448 e. The van der Waals surface area contributed by atoms with Crippen LogP contribution in [0.1, 0.15) is 22.8 Å². The van der Waals surface area contributed by atoms with Gasteiger partial charge in [0, 0.05) is 33.3 Å². The molecule has 1 saturated heterocycles. The second kappa shape index (κ2) is 6.00. The molecule has 0 aliphatic carbocycles. The van der Waals surface area contributed by atoms with Crippen LogP contribution >= 0.6 is 0 Å². The van der Waals surface area contributed by atoms with Crippen LogP contribution in [-0.2, 0) is 0 Å². The predicted molar refractivity (Wildman–Crippen MR) is 84.2 cm³/mol. The van der Waals surface area contributed by atoms with E-state index in [4.69, 9.17) is 4.42 Å². The number of amides is 1. The summed E-state index contributed by atoms with van der Waals surface area (Å²) in [5, 5.41) is 10.8. The molecule has 1 aliphatic heterocycles. The molecule has 0 bridgehead atoms. The third kappa shape index (κ3) is 3.34. The molecule has 1 N–H and O–H groups in total. The molecule has 0 aromatic carbocycles. The fraction of sp³-hybridized carbons (Fsp3) is 0.438. The fourth-order valence-corrected chi connectivity index (χ4v) is 2.89. The third-order valence-electron chi connectivity index (χ3n) is 4.02. The van der Waals surface area contributed by atoms with Crippen molar-refractivity contribution in [2.75, 3.05) is 31.6 Å². The number of β-amino-alcohol motifs (C(OH)–C–C–N with tert-alkyl or cyclic N) is 1. The number of carbonyl (C=O) groups is 1. The van der Waals surface area contributed by atoms with Crippen molar-refractivity contribution in [2.24, 2.45) is 0 Å². The first-order chi connectivity index (χ1) is 11.0. The maximum absolute atomic E-state index is 12.3. The lowest BCUT2D eigenvalue weighted by molar-refractivity contribution is 0.0262. The number of aromatic nitrogens is 2. The Morgan fingerprint density at radius 2 is 2.35 bits per heavy atom. The number of carbonyl (C=O) groups excluding carboxylic acids is 1. The van der Waals surface area contributed by atoms with Crippen LogP contribution in [0.15, 0.2) is 35.1 Å². The molecule has 0 radical (unpaired) electrons. The molecule has 1 aliphatic rings. The zero-order valence-corrected chi connectivity index (χ0v) is 13.3. The van der Waals surface area contributed by atoms with Gasteiger partial charge in [-0.1, -0.05) is 6.07 Å². The first-order valence-corrected chi connectivity index (χ1v) is 7.53. The SMILES string of the molecule is Cc1nc(C(=O)N(C)C[C@]2(O)CCN(c3ccccn3)C2)co1. The van der Waals surface area contributed by atoms with Gasteiger partial charge in [-0.25, -0.2) is 9.97 Å². The number of hydrogen-bond acceptors (Lipinski definition) is 6. The topological polar surface area (TPSA) is 82.7 Å². The van der Waals surface area contributed by atoms with Crippen molar-refractivity contribution >= 4 is 11.7 Å². The summed E-state index contributed by atoms with van der Waals surface area (Å²) in [5.74, 6) is 1.03. The van der Waals surface area contributed by atoms with Gasteiger partial charge in [0.1, 0.15) is 17.7 Å². The first kappa shape index (κ1) is 15.5. The van der Waals surface area contributed by atoms with Crippen molar-refractivity contribution in [1.29, 1.82) is 0 Å². The van der Waals surface area contributed by atoms with E-state index in [1.54, 1.807) is 20.2 Å². The van der Waals surface area contributed by atoms with Gasteiger partial charge in [0.15, 0.2) is 11.6 Å². The lowest BCUT2D eigenvalue weighted by Crippen LogP contribution is -2.46. The minimum atomic E-state index is -0.958. The van der Waals surface area contributed by atoms with E-state index < -0.39 is 5.60 Å². The van der Waals surface area contributed by atoms with E-state index >= 15 is 0 Å². The molecule has 0 saturated carbocycles. The van der Waals surface area contributed by atoms with Gasteiger partial charge >= 0.3 is 0 Å². The van der Waals surface area contributed by atoms with Crippen molar-refractivity contribution < 1.29 is 14.3 Å². The van der Waals surface area contributed by atoms with Crippen LogP contribution in [0.3, 0.4) is 0 Å². The molecule has 7 nitrogen and oxygen atoms in total. The molecule has 1 atom stereocenters. The van der Waals surface area contributed by atoms with E-state index in [0.29, 0.717) is 25.4 Å². The number of anilines is 1. The fourth-order valence-electron chi connectivity index (χ4n) is 2.89. The van der Waals surface area contributed by atoms with Crippen molar-refractivity contribution in [2.45, 2.75) is 18.9 Å². The molecule has 3 heterocycles. The summed E-state index contributed by atoms with van der Waals surface area (Å²) >= 11 is 0. The highest BCUT2D eigenvalue weighted by Gasteiger charge is 2.38. The Hall–Kier alpha value is -2.41. The standard InChI is InChI=1S/C16H20N4O3/c1-12-18-13(9-23-12)15(21)19(2)10-16(22)6-8-20(11-16)14-5-3-4-7-17-14/h3-5,7,9,22H,6,8,10-11H2,1-2H3/t16-/m1/s1. The van der Waals surface area contributed by atoms with Crippen LogP contribution < -0.4 is 4.90 Å². The molecular formula is C16H20N4O3. The number of pyridine rings is 1. The molecule has 1 fully saturated rings. The van der Waals surface area contributed by atoms with Crippen molar-refractivity contribution in [1.82, 2.24) is 14.9 Å². The number of oxazole rings is 1. The van der Waals surface area contributed by atoms with Gasteiger partial charge < -0.3 is 19.3 Å². The first-order valence-electron chi connectivity index (χ1n) is 7.53. The van der Waals surface area contributed by atoms with Gasteiger partial charge in [0.05, 0.1) is 6.54 Å². The van der Waals surface area contributed by atoms with E-state index in [2.05, 4.69) is 9.97 Å². The number of rotatable bonds is 4. The van der Waals surface area contributed by atoms with Crippen molar-refractivity contribution in [3.63, 3.8) is 0 Å². The highest BCUT2D eigenvalue weighted by Crippen LogP contribution is 2.26. The van der Waals surface area contributed by atoms with E-state index in [1.807, 2.05) is 23.1 Å². The Balaban J connectivity index is 1.64. The van der Waals surface area contributed by atoms with Crippen molar-refractivity contribution in [3.05, 3.63) is 42.2 Å². The summed E-state index contributed by atoms with van der Waals surface area (Å²) in [6.07, 6.45) is 3.65. The zero-order chi connectivity index (χ0) is 16.4. The Morgan fingerprint density at radius 1 is 1.52 bits per heavy atom. The van der Waals surface area contributed by atoms with E-state index in [0.717, 1.165) is 5.82 Å². The highest BCUT2D eigenvalue weighted by molar-refractivity contribution is 5.91. The lowest BCUT2D eigenvalue weighted by atomic mass is 10.0. The summed E-state index contributed by atoms with van der Waals surface area (Å²) in [5.41, 5.74) is -0.700. The normalized spacial score (nSPS) is 20.7. The Labute approximate surface area is 134 Å². The number of likely N-dealkylation sites (N-methyl/N-ethyl adjacent to an activating group) is 1. The molecule has 0 unspecified atom stereocenters. The number of nitrogens with zero attached hydrogens (tertiary/aromatic N) is 4. The monoisotopic (exact) mass is 316 g/mol. The van der Waals surface area contributed by atoms with Gasteiger partial charge in [-0.2, -0.15) is 0 Å². The van der Waals surface area contributed by atoms with Crippen LogP contribution in [0, 0.1) is 6.92 Å². The van der Waals surface area contributed by atoms with E-state index in [9.17, 15) is 9.90 Å². The molecule has 23 heavy (non-hydrogen) atoms. The molecule has 3 rings (SSSR count). The third-order valence-corrected chi connectivity index (χ3v) is 4.02. The van der Waals surface area contributed by atoms with Gasteiger partial charge in [0.2, 0.25) is 0 Å². The molecule has 2 aromatic rings. The van der Waals surface area contributed by atoms with Gasteiger partial charge in [-0.3, -0.25) is 4.79 Å². The minimum absolute atomic E-state index is 0.237. The van der Waals surface area contributed by atoms with E-state index in [1.165, 1.54) is 11.2 Å². The molecular weight excluding hydrogens is 296 g/mol. The average Bonchev–Trinajstić information content (AvgIpc) is 3.14. The maximum Gasteiger partial charge on any atom is 0.275 e. The second-order valence-corrected chi connectivity index (χ2v) is 6.00. The van der Waals surface area contributed by atoms with Gasteiger partial charge in [0.25, 0.3) is 5.91 Å². The summed E-state index contributed by atoms with van der Waals surface area (Å²) in [6, 6.07) is 5.69. The summed E-state index contributed by atoms with van der Waals surface area (Å²) in [6.45, 7) is 3.07. The van der Waals surface area contributed by atoms with E-state index in [-0.39, 0.29) is 18.1 Å². The smallest absolute Gasteiger partial charge is 0.275 e. The quantitative estimate of drug-likeness (QED) is 0.909. The molecule has 7 heteroatoms. The lowest BCUT2D eigenvalue weighted by Gasteiger charge is -2.28. The van der Waals surface area contributed by atoms with Crippen LogP contribution in [-0.4, -0.2) is 58.2 Å². The van der Waals surface area contributed by atoms with Crippen LogP contribution in [0.25, 0.3) is 0 Å². The highest BCUT2D eigenvalue weighted by atomic mass is 16.3. The average molecular weight is 316 g/mol. The maximum atomic E-state index is 12.3. The van der Waals surface area contributed by atoms with Crippen LogP contribution in [0.4, 0.5) is 5.82 Å². The van der Waals surface area contributed by atoms with Crippen LogP contribution in [0.5, 0.6) is 0 Å². The summed E-state index contributed by atoms with van der Waals surface area (Å²) in [7, 11) is 1.66. The van der Waals surface area contributed by atoms with Gasteiger partial charge in [-0.15, -0.1) is 0 Å². The van der Waals surface area contributed by atoms with Gasteiger partial charge in [-0.05, 0) is 18.6 Å². The Morgan fingerprint density at radius 3 is 3.00 bits per heavy atom. The molecule has 2 aromatic heterocycles. The Kier molecular flexibility index (Phi) is 4.04. The predicted octanol–water partition coefficient (Wildman–Crippen LogP) is 1.09. The molecule has 122 valence electrons. The number of aryl methyl sites for hydroxylation is 1. The summed E-state index contributed by atoms with van der Waals surface area (Å²) < 4.78 is 5.07. The zero-order valence-electron chi connectivity index (χ0n) is 13.3. The van der Waals surface area contributed by atoms with Crippen molar-refractivity contribution in [3.8, 4) is 0 Å². The number of aliphatic hydroxyl groups is 1. The number of hydrogen-bond donors (Lipinski definition) is 1. The molecule has 1 amide bonds. The Bertz CT molecular complexity index is 688.